The first-order valence-corrected chi connectivity index (χ1v) is 2.28. The van der Waals surface area contributed by atoms with Crippen LogP contribution < -0.4 is 0 Å². The van der Waals surface area contributed by atoms with Crippen molar-refractivity contribution in [2.75, 3.05) is 0 Å². The quantitative estimate of drug-likeness (QED) is 0.429. The van der Waals surface area contributed by atoms with Crippen LogP contribution in [0.25, 0.3) is 0 Å². The number of rotatable bonds is 2. The fourth-order valence-electron chi connectivity index (χ4n) is 0.333. The highest BCUT2D eigenvalue weighted by atomic mass is 13.8. The third-order valence-corrected chi connectivity index (χ3v) is 0.622. The zero-order chi connectivity index (χ0) is 4.99. The summed E-state index contributed by atoms with van der Waals surface area (Å²) in [5.41, 5.74) is -0.102. The van der Waals surface area contributed by atoms with Crippen LogP contribution in [0.5, 0.6) is 0 Å². The second-order valence-electron chi connectivity index (χ2n) is 1.45. The van der Waals surface area contributed by atoms with Crippen molar-refractivity contribution in [2.45, 2.75) is 25.5 Å². The molecule has 0 fully saturated rings. The molecule has 0 nitrogen and oxygen atoms in total. The summed E-state index contributed by atoms with van der Waals surface area (Å²) in [5.74, 6) is 0. The van der Waals surface area contributed by atoms with Crippen LogP contribution in [0.2, 0.25) is 5.72 Å². The van der Waals surface area contributed by atoms with Crippen LogP contribution in [0.1, 0.15) is 19.8 Å². The van der Waals surface area contributed by atoms with Crippen LogP contribution in [0.15, 0.2) is 0 Å². The normalized spacial score (nSPS) is 9.67. The highest BCUT2D eigenvalue weighted by Gasteiger charge is 1.85. The molecule has 0 aliphatic rings. The van der Waals surface area contributed by atoms with Crippen LogP contribution in [-0.4, -0.2) is 15.7 Å². The van der Waals surface area contributed by atoms with Crippen LogP contribution in [0.3, 0.4) is 0 Å². The van der Waals surface area contributed by atoms with E-state index in [-0.39, 0.29) is 5.72 Å². The number of hydrogen-bond donors (Lipinski definition) is 0. The molecular formula is C4H8B2. The van der Waals surface area contributed by atoms with E-state index in [2.05, 4.69) is 6.92 Å². The van der Waals surface area contributed by atoms with Crippen LogP contribution in [-0.2, 0) is 0 Å². The van der Waals surface area contributed by atoms with E-state index in [0.29, 0.717) is 0 Å². The Kier molecular flexibility index (Phi) is 3.40. The van der Waals surface area contributed by atoms with Crippen molar-refractivity contribution in [3.8, 4) is 0 Å². The maximum Gasteiger partial charge on any atom is 0.0575 e. The molecule has 0 N–H and O–H groups in total. The highest BCUT2D eigenvalue weighted by molar-refractivity contribution is 6.35. The van der Waals surface area contributed by atoms with E-state index < -0.39 is 0 Å². The van der Waals surface area contributed by atoms with E-state index in [1.54, 1.807) is 0 Å². The Labute approximate surface area is 42.1 Å². The van der Waals surface area contributed by atoms with Gasteiger partial charge in [-0.25, -0.2) is 0 Å². The van der Waals surface area contributed by atoms with Gasteiger partial charge in [-0.1, -0.05) is 19.8 Å². The van der Waals surface area contributed by atoms with Crippen molar-refractivity contribution in [2.24, 2.45) is 0 Å². The predicted molar refractivity (Wildman–Crippen MR) is 30.2 cm³/mol. The third-order valence-electron chi connectivity index (χ3n) is 0.622. The van der Waals surface area contributed by atoms with Crippen LogP contribution >= 0.6 is 0 Å². The molecule has 30 valence electrons. The third kappa shape index (κ3) is 4.13. The van der Waals surface area contributed by atoms with E-state index >= 15 is 0 Å². The van der Waals surface area contributed by atoms with Crippen LogP contribution in [0.4, 0.5) is 0 Å². The second-order valence-corrected chi connectivity index (χ2v) is 1.45. The molecule has 0 amide bonds. The molecule has 0 rings (SSSR count). The van der Waals surface area contributed by atoms with Crippen molar-refractivity contribution >= 4 is 15.7 Å². The molecule has 0 saturated heterocycles. The van der Waals surface area contributed by atoms with Crippen molar-refractivity contribution in [3.63, 3.8) is 0 Å². The van der Waals surface area contributed by atoms with E-state index in [9.17, 15) is 0 Å². The minimum atomic E-state index is -0.102. The molecule has 0 saturated carbocycles. The predicted octanol–water partition coefficient (Wildman–Crippen LogP) is 0.869. The summed E-state index contributed by atoms with van der Waals surface area (Å²) in [6.07, 6.45) is 2.01. The molecule has 0 atom stereocenters. The molecule has 0 bridgehead atoms. The van der Waals surface area contributed by atoms with E-state index in [1.807, 2.05) is 0 Å². The molecule has 0 aromatic heterocycles. The molecule has 0 unspecified atom stereocenters. The molecule has 0 aromatic rings. The van der Waals surface area contributed by atoms with Crippen molar-refractivity contribution in [1.29, 1.82) is 0 Å². The summed E-state index contributed by atoms with van der Waals surface area (Å²) in [6, 6.07) is 0. The average molecular weight is 77.7 g/mol. The first-order chi connectivity index (χ1) is 2.77. The van der Waals surface area contributed by atoms with Gasteiger partial charge in [0.15, 0.2) is 0 Å². The molecule has 0 aliphatic heterocycles. The topological polar surface area (TPSA) is 0 Å². The lowest BCUT2D eigenvalue weighted by atomic mass is 9.68. The van der Waals surface area contributed by atoms with Gasteiger partial charge in [-0.05, 0) is 0 Å². The average Bonchev–Trinajstić information content (AvgIpc) is 1.35. The van der Waals surface area contributed by atoms with E-state index in [4.69, 9.17) is 15.7 Å². The molecule has 2 heteroatoms. The lowest BCUT2D eigenvalue weighted by Crippen LogP contribution is -1.87. The van der Waals surface area contributed by atoms with Gasteiger partial charge in [0, 0.05) is 0 Å². The summed E-state index contributed by atoms with van der Waals surface area (Å²) in [6.45, 7) is 2.06. The molecule has 6 heavy (non-hydrogen) atoms. The fraction of sp³-hybridized carbons (Fsp3) is 1.00. The minimum absolute atomic E-state index is 0.102. The van der Waals surface area contributed by atoms with Crippen molar-refractivity contribution in [1.82, 2.24) is 0 Å². The number of hydrogen-bond acceptors (Lipinski definition) is 0. The Morgan fingerprint density at radius 1 is 1.50 bits per heavy atom. The van der Waals surface area contributed by atoms with Gasteiger partial charge < -0.3 is 0 Å². The van der Waals surface area contributed by atoms with Gasteiger partial charge in [0.05, 0.1) is 15.7 Å². The highest BCUT2D eigenvalue weighted by Crippen LogP contribution is 1.99. The summed E-state index contributed by atoms with van der Waals surface area (Å²) in [7, 11) is 10.4. The van der Waals surface area contributed by atoms with Gasteiger partial charge >= 0.3 is 0 Å². The van der Waals surface area contributed by atoms with E-state index in [0.717, 1.165) is 12.8 Å². The standard InChI is InChI=1S/C4H8B2/c1-2-3-4(5)6/h4H,2-3H2,1H3. The fourth-order valence-corrected chi connectivity index (χ4v) is 0.333. The Balaban J connectivity index is 2.63. The largest absolute Gasteiger partial charge is 0.110 e. The molecule has 0 aliphatic carbocycles. The minimum Gasteiger partial charge on any atom is -0.110 e. The molecule has 0 heterocycles. The van der Waals surface area contributed by atoms with Gasteiger partial charge in [-0.3, -0.25) is 0 Å². The zero-order valence-corrected chi connectivity index (χ0v) is 4.15. The molecule has 0 spiro atoms. The van der Waals surface area contributed by atoms with E-state index in [1.165, 1.54) is 0 Å². The zero-order valence-electron chi connectivity index (χ0n) is 4.15. The SMILES string of the molecule is [B]C([B])CCC. The summed E-state index contributed by atoms with van der Waals surface area (Å²) in [5, 5.41) is 0. The summed E-state index contributed by atoms with van der Waals surface area (Å²) >= 11 is 0. The Morgan fingerprint density at radius 2 is 2.00 bits per heavy atom. The molecular weight excluding hydrogens is 69.7 g/mol. The van der Waals surface area contributed by atoms with Crippen molar-refractivity contribution < 1.29 is 0 Å². The van der Waals surface area contributed by atoms with Gasteiger partial charge in [-0.2, -0.15) is 0 Å². The first-order valence-electron chi connectivity index (χ1n) is 2.28. The van der Waals surface area contributed by atoms with Gasteiger partial charge in [0.1, 0.15) is 0 Å². The Bertz CT molecular complexity index is 26.7. The summed E-state index contributed by atoms with van der Waals surface area (Å²) < 4.78 is 0. The smallest absolute Gasteiger partial charge is 0.0575 e. The maximum atomic E-state index is 5.18. The first kappa shape index (κ1) is 6.13. The maximum absolute atomic E-state index is 5.18. The lowest BCUT2D eigenvalue weighted by Gasteiger charge is -1.96. The molecule has 0 aromatic carbocycles. The monoisotopic (exact) mass is 78.1 g/mol. The summed E-state index contributed by atoms with van der Waals surface area (Å²) in [4.78, 5) is 0. The van der Waals surface area contributed by atoms with Gasteiger partial charge in [0.25, 0.3) is 0 Å². The second kappa shape index (κ2) is 3.32. The van der Waals surface area contributed by atoms with Gasteiger partial charge in [0.2, 0.25) is 0 Å². The van der Waals surface area contributed by atoms with Gasteiger partial charge in [-0.15, -0.1) is 5.72 Å². The lowest BCUT2D eigenvalue weighted by molar-refractivity contribution is 0.851. The van der Waals surface area contributed by atoms with Crippen molar-refractivity contribution in [3.05, 3.63) is 0 Å². The Hall–Kier alpha value is 0.130. The van der Waals surface area contributed by atoms with Crippen LogP contribution in [0, 0.1) is 0 Å². The Morgan fingerprint density at radius 3 is 2.00 bits per heavy atom. The molecule has 4 radical (unpaired) electrons.